The third kappa shape index (κ3) is 1.25. The van der Waals surface area contributed by atoms with Crippen molar-refractivity contribution in [3.05, 3.63) is 10.6 Å². The summed E-state index contributed by atoms with van der Waals surface area (Å²) in [6.45, 7) is 1.60. The van der Waals surface area contributed by atoms with Crippen LogP contribution in [0.3, 0.4) is 0 Å². The van der Waals surface area contributed by atoms with Gasteiger partial charge in [-0.25, -0.2) is 4.79 Å². The standard InChI is InChI=1S/C11H13NO4S/c1-4(13)6-7-5-2-3-17-9(5)8(11(15)16)12(7)10(6)14/h4-7,13H,2-3H2,1H3,(H,15,16)/t4-,5+,6-,7-/m1/s1. The van der Waals surface area contributed by atoms with Crippen LogP contribution in [0.2, 0.25) is 0 Å². The molecule has 6 heteroatoms. The molecule has 5 nitrogen and oxygen atoms in total. The number of carbonyl (C=O) groups is 2. The first-order chi connectivity index (χ1) is 8.04. The predicted molar refractivity (Wildman–Crippen MR) is 61.0 cm³/mol. The number of carbonyl (C=O) groups excluding carboxylic acids is 1. The SMILES string of the molecule is C[C@@H](O)[C@H]1C(=O)N2C(C(=O)O)=C3SCC[C@H]3[C@H]12. The van der Waals surface area contributed by atoms with E-state index in [1.54, 1.807) is 6.92 Å². The van der Waals surface area contributed by atoms with Gasteiger partial charge in [0.25, 0.3) is 0 Å². The van der Waals surface area contributed by atoms with Gasteiger partial charge in [-0.15, -0.1) is 11.8 Å². The van der Waals surface area contributed by atoms with Crippen molar-refractivity contribution >= 4 is 23.6 Å². The van der Waals surface area contributed by atoms with Gasteiger partial charge in [0, 0.05) is 10.8 Å². The van der Waals surface area contributed by atoms with E-state index >= 15 is 0 Å². The summed E-state index contributed by atoms with van der Waals surface area (Å²) in [6, 6.07) is -0.126. The molecule has 3 aliphatic heterocycles. The Morgan fingerprint density at radius 3 is 2.88 bits per heavy atom. The molecular weight excluding hydrogens is 242 g/mol. The molecule has 0 aliphatic carbocycles. The fourth-order valence-corrected chi connectivity index (χ4v) is 4.53. The number of thioether (sulfide) groups is 1. The van der Waals surface area contributed by atoms with Crippen LogP contribution in [0, 0.1) is 11.8 Å². The fraction of sp³-hybridized carbons (Fsp3) is 0.636. The minimum absolute atomic E-state index is 0.126. The van der Waals surface area contributed by atoms with Crippen LogP contribution < -0.4 is 0 Å². The highest BCUT2D eigenvalue weighted by Crippen LogP contribution is 2.55. The third-order valence-electron chi connectivity index (χ3n) is 3.82. The van der Waals surface area contributed by atoms with Gasteiger partial charge in [-0.2, -0.15) is 0 Å². The van der Waals surface area contributed by atoms with Gasteiger partial charge in [0.05, 0.1) is 18.1 Å². The lowest BCUT2D eigenvalue weighted by atomic mass is 9.78. The molecule has 0 saturated carbocycles. The average Bonchev–Trinajstić information content (AvgIpc) is 2.75. The maximum Gasteiger partial charge on any atom is 0.353 e. The van der Waals surface area contributed by atoms with E-state index in [-0.39, 0.29) is 23.6 Å². The van der Waals surface area contributed by atoms with Gasteiger partial charge >= 0.3 is 5.97 Å². The third-order valence-corrected chi connectivity index (χ3v) is 5.07. The van der Waals surface area contributed by atoms with Crippen LogP contribution in [0.25, 0.3) is 0 Å². The van der Waals surface area contributed by atoms with Crippen molar-refractivity contribution in [3.8, 4) is 0 Å². The fourth-order valence-electron chi connectivity index (χ4n) is 3.14. The number of aliphatic hydroxyl groups is 1. The summed E-state index contributed by atoms with van der Waals surface area (Å²) in [5, 5.41) is 18.8. The Balaban J connectivity index is 2.01. The lowest BCUT2D eigenvalue weighted by Crippen LogP contribution is -2.63. The molecule has 1 amide bonds. The van der Waals surface area contributed by atoms with E-state index in [0.29, 0.717) is 0 Å². The number of carboxylic acids is 1. The zero-order chi connectivity index (χ0) is 12.3. The van der Waals surface area contributed by atoms with E-state index in [2.05, 4.69) is 0 Å². The molecule has 0 unspecified atom stereocenters. The lowest BCUT2D eigenvalue weighted by Gasteiger charge is -2.46. The van der Waals surface area contributed by atoms with Crippen LogP contribution in [-0.4, -0.2) is 44.9 Å². The van der Waals surface area contributed by atoms with Crippen LogP contribution in [0.4, 0.5) is 0 Å². The number of hydrogen-bond acceptors (Lipinski definition) is 4. The second-order valence-corrected chi connectivity index (χ2v) is 5.86. The summed E-state index contributed by atoms with van der Waals surface area (Å²) < 4.78 is 0. The Morgan fingerprint density at radius 1 is 1.59 bits per heavy atom. The highest BCUT2D eigenvalue weighted by atomic mass is 32.2. The summed E-state index contributed by atoms with van der Waals surface area (Å²) in [5.74, 6) is -0.667. The van der Waals surface area contributed by atoms with E-state index in [0.717, 1.165) is 17.1 Å². The minimum atomic E-state index is -1.03. The second kappa shape index (κ2) is 3.49. The van der Waals surface area contributed by atoms with Crippen LogP contribution in [0.5, 0.6) is 0 Å². The first-order valence-corrected chi connectivity index (χ1v) is 6.64. The normalized spacial score (nSPS) is 36.7. The van der Waals surface area contributed by atoms with E-state index in [9.17, 15) is 19.8 Å². The summed E-state index contributed by atoms with van der Waals surface area (Å²) in [7, 11) is 0. The number of nitrogens with zero attached hydrogens (tertiary/aromatic N) is 1. The first kappa shape index (κ1) is 11.1. The summed E-state index contributed by atoms with van der Waals surface area (Å²) in [5.41, 5.74) is 0.157. The highest BCUT2D eigenvalue weighted by molar-refractivity contribution is 8.03. The van der Waals surface area contributed by atoms with Gasteiger partial charge in [0.15, 0.2) is 0 Å². The maximum absolute atomic E-state index is 11.9. The quantitative estimate of drug-likeness (QED) is 0.692. The zero-order valence-electron chi connectivity index (χ0n) is 9.29. The van der Waals surface area contributed by atoms with Crippen molar-refractivity contribution in [1.82, 2.24) is 4.90 Å². The Labute approximate surface area is 102 Å². The number of amides is 1. The number of fused-ring (bicyclic) bond motifs is 3. The van der Waals surface area contributed by atoms with Crippen LogP contribution in [0.15, 0.2) is 10.6 Å². The van der Waals surface area contributed by atoms with E-state index < -0.39 is 18.0 Å². The summed E-state index contributed by atoms with van der Waals surface area (Å²) in [4.78, 5) is 25.3. The van der Waals surface area contributed by atoms with Gasteiger partial charge in [-0.3, -0.25) is 4.79 Å². The Morgan fingerprint density at radius 2 is 2.29 bits per heavy atom. The smallest absolute Gasteiger partial charge is 0.353 e. The van der Waals surface area contributed by atoms with Gasteiger partial charge < -0.3 is 15.1 Å². The average molecular weight is 255 g/mol. The molecule has 0 spiro atoms. The zero-order valence-corrected chi connectivity index (χ0v) is 10.1. The van der Waals surface area contributed by atoms with Gasteiger partial charge in [0.1, 0.15) is 5.70 Å². The summed E-state index contributed by atoms with van der Waals surface area (Å²) >= 11 is 1.54. The molecule has 0 bridgehead atoms. The van der Waals surface area contributed by atoms with Crippen molar-refractivity contribution in [3.63, 3.8) is 0 Å². The maximum atomic E-state index is 11.9. The summed E-state index contributed by atoms with van der Waals surface area (Å²) in [6.07, 6.45) is 0.192. The van der Waals surface area contributed by atoms with Crippen LogP contribution in [0.1, 0.15) is 13.3 Å². The number of carboxylic acid groups (broad SMARTS) is 1. The Hall–Kier alpha value is -1.01. The van der Waals surface area contributed by atoms with Crippen molar-refractivity contribution in [2.24, 2.45) is 11.8 Å². The van der Waals surface area contributed by atoms with Crippen molar-refractivity contribution in [2.75, 3.05) is 5.75 Å². The van der Waals surface area contributed by atoms with Gasteiger partial charge in [-0.05, 0) is 19.1 Å². The molecule has 0 aromatic rings. The predicted octanol–water partition coefficient (Wildman–Crippen LogP) is 0.257. The number of rotatable bonds is 2. The minimum Gasteiger partial charge on any atom is -0.477 e. The molecule has 0 aromatic heterocycles. The molecule has 0 radical (unpaired) electrons. The number of hydrogen-bond donors (Lipinski definition) is 2. The molecule has 2 fully saturated rings. The molecular formula is C11H13NO4S. The molecule has 3 rings (SSSR count). The molecule has 2 N–H and O–H groups in total. The van der Waals surface area contributed by atoms with Crippen LogP contribution >= 0.6 is 11.8 Å². The number of aliphatic hydroxyl groups excluding tert-OH is 1. The van der Waals surface area contributed by atoms with E-state index in [4.69, 9.17) is 0 Å². The molecule has 0 aromatic carbocycles. The molecule has 92 valence electrons. The van der Waals surface area contributed by atoms with Gasteiger partial charge in [-0.1, -0.05) is 0 Å². The van der Waals surface area contributed by atoms with Crippen LogP contribution in [-0.2, 0) is 9.59 Å². The number of β-lactam (4-membered cyclic amide) rings is 1. The number of aliphatic carboxylic acids is 1. The molecule has 2 saturated heterocycles. The second-order valence-electron chi connectivity index (χ2n) is 4.73. The largest absolute Gasteiger partial charge is 0.477 e. The topological polar surface area (TPSA) is 77.8 Å². The molecule has 3 heterocycles. The molecule has 17 heavy (non-hydrogen) atoms. The van der Waals surface area contributed by atoms with Crippen molar-refractivity contribution in [2.45, 2.75) is 25.5 Å². The monoisotopic (exact) mass is 255 g/mol. The lowest BCUT2D eigenvalue weighted by molar-refractivity contribution is -0.163. The first-order valence-electron chi connectivity index (χ1n) is 5.65. The Kier molecular flexibility index (Phi) is 2.28. The molecule has 3 aliphatic rings. The molecule has 4 atom stereocenters. The van der Waals surface area contributed by atoms with Gasteiger partial charge in [0.2, 0.25) is 5.91 Å². The van der Waals surface area contributed by atoms with Crippen molar-refractivity contribution in [1.29, 1.82) is 0 Å². The Bertz CT molecular complexity index is 445. The van der Waals surface area contributed by atoms with E-state index in [1.807, 2.05) is 0 Å². The van der Waals surface area contributed by atoms with E-state index in [1.165, 1.54) is 16.7 Å². The van der Waals surface area contributed by atoms with Crippen molar-refractivity contribution < 1.29 is 19.8 Å². The highest BCUT2D eigenvalue weighted by Gasteiger charge is 2.61.